The van der Waals surface area contributed by atoms with Gasteiger partial charge in [0.25, 0.3) is 5.91 Å². The highest BCUT2D eigenvalue weighted by Gasteiger charge is 2.51. The molecule has 2 aliphatic rings. The van der Waals surface area contributed by atoms with Crippen LogP contribution >= 0.6 is 0 Å². The van der Waals surface area contributed by atoms with Gasteiger partial charge >= 0.3 is 6.03 Å². The van der Waals surface area contributed by atoms with E-state index in [0.29, 0.717) is 12.5 Å². The first-order valence-corrected chi connectivity index (χ1v) is 6.88. The first kappa shape index (κ1) is 13.3. The monoisotopic (exact) mass is 253 g/mol. The predicted molar refractivity (Wildman–Crippen MR) is 69.2 cm³/mol. The minimum absolute atomic E-state index is 0.00416. The van der Waals surface area contributed by atoms with Crippen LogP contribution in [-0.4, -0.2) is 42.5 Å². The van der Waals surface area contributed by atoms with E-state index in [1.807, 2.05) is 7.05 Å². The van der Waals surface area contributed by atoms with Crippen LogP contribution in [0.15, 0.2) is 0 Å². The number of hydrogen-bond donors (Lipinski definition) is 2. The Kier molecular flexibility index (Phi) is 3.90. The molecule has 1 aliphatic heterocycles. The lowest BCUT2D eigenvalue weighted by Crippen LogP contribution is -2.49. The van der Waals surface area contributed by atoms with Crippen LogP contribution in [0, 0.1) is 5.92 Å². The van der Waals surface area contributed by atoms with Crippen molar-refractivity contribution in [3.63, 3.8) is 0 Å². The zero-order valence-corrected chi connectivity index (χ0v) is 11.3. The summed E-state index contributed by atoms with van der Waals surface area (Å²) < 4.78 is 0. The van der Waals surface area contributed by atoms with Gasteiger partial charge in [-0.3, -0.25) is 9.69 Å². The summed E-state index contributed by atoms with van der Waals surface area (Å²) in [6, 6.07) is -0.203. The highest BCUT2D eigenvalue weighted by Crippen LogP contribution is 2.36. The van der Waals surface area contributed by atoms with E-state index in [-0.39, 0.29) is 11.9 Å². The molecule has 0 aromatic carbocycles. The van der Waals surface area contributed by atoms with Gasteiger partial charge < -0.3 is 10.6 Å². The number of carbonyl (C=O) groups is 2. The van der Waals surface area contributed by atoms with Crippen molar-refractivity contribution in [1.82, 2.24) is 15.5 Å². The Morgan fingerprint density at radius 1 is 1.39 bits per heavy atom. The Labute approximate surface area is 108 Å². The second-order valence-corrected chi connectivity index (χ2v) is 5.61. The molecular formula is C13H23N3O2. The molecule has 0 radical (unpaired) electrons. The van der Waals surface area contributed by atoms with Gasteiger partial charge in [0, 0.05) is 6.54 Å². The largest absolute Gasteiger partial charge is 0.325 e. The molecule has 0 bridgehead atoms. The number of amides is 3. The molecule has 1 aliphatic carbocycles. The van der Waals surface area contributed by atoms with E-state index >= 15 is 0 Å². The van der Waals surface area contributed by atoms with Crippen molar-refractivity contribution < 1.29 is 9.59 Å². The molecular weight excluding hydrogens is 230 g/mol. The third kappa shape index (κ3) is 2.36. The molecule has 102 valence electrons. The number of imide groups is 1. The molecule has 1 saturated carbocycles. The molecule has 0 aromatic heterocycles. The minimum atomic E-state index is -0.580. The van der Waals surface area contributed by atoms with Crippen molar-refractivity contribution in [2.45, 2.75) is 44.6 Å². The first-order valence-electron chi connectivity index (χ1n) is 6.88. The molecule has 5 nitrogen and oxygen atoms in total. The van der Waals surface area contributed by atoms with Gasteiger partial charge in [0.2, 0.25) is 0 Å². The Morgan fingerprint density at radius 2 is 2.06 bits per heavy atom. The smallest absolute Gasteiger partial charge is 0.323 e. The fraction of sp³-hybridized carbons (Fsp3) is 0.846. The number of nitrogens with one attached hydrogen (secondary N) is 2. The normalized spacial score (nSPS) is 32.1. The Hall–Kier alpha value is -1.10. The molecule has 18 heavy (non-hydrogen) atoms. The van der Waals surface area contributed by atoms with E-state index in [1.54, 1.807) is 0 Å². The van der Waals surface area contributed by atoms with Crippen molar-refractivity contribution in [3.8, 4) is 0 Å². The average Bonchev–Trinajstić information content (AvgIpc) is 2.58. The summed E-state index contributed by atoms with van der Waals surface area (Å²) in [6.45, 7) is 3.54. The lowest BCUT2D eigenvalue weighted by atomic mass is 9.77. The average molecular weight is 253 g/mol. The van der Waals surface area contributed by atoms with Gasteiger partial charge in [-0.25, -0.2) is 4.79 Å². The molecule has 0 aromatic rings. The van der Waals surface area contributed by atoms with Crippen molar-refractivity contribution in [2.75, 3.05) is 20.1 Å². The van der Waals surface area contributed by atoms with Crippen molar-refractivity contribution in [1.29, 1.82) is 0 Å². The molecule has 2 fully saturated rings. The van der Waals surface area contributed by atoms with Crippen LogP contribution in [-0.2, 0) is 4.79 Å². The number of rotatable bonds is 4. The zero-order valence-electron chi connectivity index (χ0n) is 11.3. The van der Waals surface area contributed by atoms with Crippen LogP contribution in [0.4, 0.5) is 4.79 Å². The quantitative estimate of drug-likeness (QED) is 0.582. The Bertz CT molecular complexity index is 335. The topological polar surface area (TPSA) is 61.4 Å². The van der Waals surface area contributed by atoms with Crippen LogP contribution in [0.25, 0.3) is 0 Å². The maximum Gasteiger partial charge on any atom is 0.325 e. The van der Waals surface area contributed by atoms with Crippen LogP contribution in [0.5, 0.6) is 0 Å². The lowest BCUT2D eigenvalue weighted by Gasteiger charge is -2.33. The molecule has 5 heteroatoms. The van der Waals surface area contributed by atoms with E-state index in [4.69, 9.17) is 0 Å². The number of nitrogens with zero attached hydrogens (tertiary/aromatic N) is 1. The third-order valence-electron chi connectivity index (χ3n) is 4.18. The Balaban J connectivity index is 1.99. The molecule has 0 unspecified atom stereocenters. The molecule has 0 atom stereocenters. The van der Waals surface area contributed by atoms with Gasteiger partial charge in [-0.15, -0.1) is 0 Å². The van der Waals surface area contributed by atoms with Crippen molar-refractivity contribution in [2.24, 2.45) is 5.92 Å². The van der Waals surface area contributed by atoms with E-state index in [9.17, 15) is 9.59 Å². The molecule has 2 rings (SSSR count). The van der Waals surface area contributed by atoms with Gasteiger partial charge in [0.05, 0.1) is 0 Å². The lowest BCUT2D eigenvalue weighted by molar-refractivity contribution is -0.132. The fourth-order valence-electron chi connectivity index (χ4n) is 2.89. The molecule has 1 heterocycles. The van der Waals surface area contributed by atoms with E-state index in [2.05, 4.69) is 17.6 Å². The summed E-state index contributed by atoms with van der Waals surface area (Å²) >= 11 is 0. The fourth-order valence-corrected chi connectivity index (χ4v) is 2.89. The highest BCUT2D eigenvalue weighted by molar-refractivity contribution is 6.07. The van der Waals surface area contributed by atoms with Crippen LogP contribution in [0.1, 0.15) is 39.0 Å². The van der Waals surface area contributed by atoms with Crippen LogP contribution < -0.4 is 10.6 Å². The molecule has 1 spiro atoms. The Morgan fingerprint density at radius 3 is 2.67 bits per heavy atom. The SMILES string of the molecule is CNCCCN1C(=O)NC2(CCC(C)CC2)C1=O. The van der Waals surface area contributed by atoms with Crippen molar-refractivity contribution in [3.05, 3.63) is 0 Å². The van der Waals surface area contributed by atoms with Crippen LogP contribution in [0.2, 0.25) is 0 Å². The van der Waals surface area contributed by atoms with Gasteiger partial charge in [-0.1, -0.05) is 6.92 Å². The maximum atomic E-state index is 12.4. The standard InChI is InChI=1S/C13H23N3O2/c1-10-4-6-13(7-5-10)11(17)16(12(18)15-13)9-3-8-14-2/h10,14H,3-9H2,1-2H3,(H,15,18). The molecule has 2 N–H and O–H groups in total. The summed E-state index contributed by atoms with van der Waals surface area (Å²) in [7, 11) is 1.87. The van der Waals surface area contributed by atoms with E-state index < -0.39 is 5.54 Å². The van der Waals surface area contributed by atoms with Crippen molar-refractivity contribution >= 4 is 11.9 Å². The third-order valence-corrected chi connectivity index (χ3v) is 4.18. The van der Waals surface area contributed by atoms with E-state index in [1.165, 1.54) is 4.90 Å². The van der Waals surface area contributed by atoms with Gasteiger partial charge in [0.15, 0.2) is 0 Å². The maximum absolute atomic E-state index is 12.4. The zero-order chi connectivity index (χ0) is 13.2. The highest BCUT2D eigenvalue weighted by atomic mass is 16.2. The summed E-state index contributed by atoms with van der Waals surface area (Å²) in [4.78, 5) is 25.7. The number of hydrogen-bond acceptors (Lipinski definition) is 3. The van der Waals surface area contributed by atoms with Gasteiger partial charge in [-0.05, 0) is 51.6 Å². The minimum Gasteiger partial charge on any atom is -0.323 e. The number of carbonyl (C=O) groups excluding carboxylic acids is 2. The van der Waals surface area contributed by atoms with Gasteiger partial charge in [0.1, 0.15) is 5.54 Å². The van der Waals surface area contributed by atoms with Gasteiger partial charge in [-0.2, -0.15) is 0 Å². The summed E-state index contributed by atoms with van der Waals surface area (Å²) in [5.41, 5.74) is -0.580. The predicted octanol–water partition coefficient (Wildman–Crippen LogP) is 1.10. The van der Waals surface area contributed by atoms with Crippen LogP contribution in [0.3, 0.4) is 0 Å². The second kappa shape index (κ2) is 5.26. The number of urea groups is 1. The summed E-state index contributed by atoms with van der Waals surface area (Å²) in [6.07, 6.45) is 4.44. The first-order chi connectivity index (χ1) is 8.59. The summed E-state index contributed by atoms with van der Waals surface area (Å²) in [5, 5.41) is 5.96. The van der Waals surface area contributed by atoms with E-state index in [0.717, 1.165) is 38.6 Å². The summed E-state index contributed by atoms with van der Waals surface area (Å²) in [5.74, 6) is 0.661. The molecule has 1 saturated heterocycles. The molecule has 3 amide bonds. The second-order valence-electron chi connectivity index (χ2n) is 5.61.